The Bertz CT molecular complexity index is 2740. The Morgan fingerprint density at radius 1 is 0.429 bits per heavy atom. The first-order chi connectivity index (χ1) is 27.6. The normalized spacial score (nSPS) is 21.0. The number of nitriles is 1. The van der Waals surface area contributed by atoms with Gasteiger partial charge in [0.25, 0.3) is 0 Å². The molecule has 0 aliphatic heterocycles. The molecular formula is C52H40N4. The van der Waals surface area contributed by atoms with Crippen molar-refractivity contribution in [3.63, 3.8) is 0 Å². The van der Waals surface area contributed by atoms with Gasteiger partial charge in [-0.2, -0.15) is 5.26 Å². The van der Waals surface area contributed by atoms with E-state index in [0.29, 0.717) is 28.5 Å². The largest absolute Gasteiger partial charge is 0.208 e. The summed E-state index contributed by atoms with van der Waals surface area (Å²) in [5.41, 5.74) is 10.1. The van der Waals surface area contributed by atoms with Crippen LogP contribution in [-0.2, 0) is 5.41 Å². The summed E-state index contributed by atoms with van der Waals surface area (Å²) in [6.07, 6.45) is 8.56. The molecule has 4 bridgehead atoms. The lowest BCUT2D eigenvalue weighted by Crippen LogP contribution is -2.48. The first-order valence-electron chi connectivity index (χ1n) is 20.1. The maximum atomic E-state index is 9.59. The van der Waals surface area contributed by atoms with Crippen molar-refractivity contribution in [2.75, 3.05) is 0 Å². The molecule has 1 heterocycles. The van der Waals surface area contributed by atoms with Gasteiger partial charge in [-0.25, -0.2) is 15.0 Å². The third-order valence-electron chi connectivity index (χ3n) is 13.1. The van der Waals surface area contributed by atoms with E-state index < -0.39 is 0 Å². The predicted molar refractivity (Wildman–Crippen MR) is 227 cm³/mol. The van der Waals surface area contributed by atoms with Crippen LogP contribution in [-0.4, -0.2) is 15.0 Å². The molecule has 1 aromatic heterocycles. The van der Waals surface area contributed by atoms with Crippen LogP contribution in [0.25, 0.3) is 78.0 Å². The number of hydrogen-bond donors (Lipinski definition) is 0. The van der Waals surface area contributed by atoms with Crippen LogP contribution in [0.3, 0.4) is 0 Å². The summed E-state index contributed by atoms with van der Waals surface area (Å²) in [6.45, 7) is 0. The van der Waals surface area contributed by atoms with Crippen molar-refractivity contribution >= 4 is 21.5 Å². The number of hydrogen-bond acceptors (Lipinski definition) is 4. The molecule has 0 saturated heterocycles. The molecule has 4 aliphatic rings. The smallest absolute Gasteiger partial charge is 0.164 e. The van der Waals surface area contributed by atoms with Crippen LogP contribution in [0.5, 0.6) is 0 Å². The van der Waals surface area contributed by atoms with Crippen molar-refractivity contribution in [1.82, 2.24) is 15.0 Å². The third kappa shape index (κ3) is 5.53. The van der Waals surface area contributed by atoms with Crippen LogP contribution in [0.15, 0.2) is 152 Å². The van der Waals surface area contributed by atoms with Gasteiger partial charge in [0.05, 0.1) is 11.6 Å². The van der Waals surface area contributed by atoms with Crippen LogP contribution in [0.2, 0.25) is 0 Å². The number of benzene rings is 7. The minimum atomic E-state index is 0.391. The molecule has 0 radical (unpaired) electrons. The molecule has 4 aliphatic carbocycles. The molecule has 4 saturated carbocycles. The van der Waals surface area contributed by atoms with E-state index in [4.69, 9.17) is 15.0 Å². The van der Waals surface area contributed by atoms with Gasteiger partial charge in [0.1, 0.15) is 0 Å². The van der Waals surface area contributed by atoms with Gasteiger partial charge in [0.15, 0.2) is 17.5 Å². The fraction of sp³-hybridized carbons (Fsp3) is 0.192. The van der Waals surface area contributed by atoms with E-state index in [0.717, 1.165) is 40.0 Å². The number of nitrogens with zero attached hydrogens (tertiary/aromatic N) is 4. The highest BCUT2D eigenvalue weighted by molar-refractivity contribution is 6.21. The molecule has 268 valence electrons. The molecule has 7 aromatic carbocycles. The Hall–Kier alpha value is -6.44. The first kappa shape index (κ1) is 32.9. The van der Waals surface area contributed by atoms with Crippen molar-refractivity contribution in [2.24, 2.45) is 17.8 Å². The summed E-state index contributed by atoms with van der Waals surface area (Å²) in [4.78, 5) is 14.8. The van der Waals surface area contributed by atoms with Crippen LogP contribution in [0.4, 0.5) is 0 Å². The van der Waals surface area contributed by atoms with Gasteiger partial charge in [-0.15, -0.1) is 0 Å². The van der Waals surface area contributed by atoms with Gasteiger partial charge in [-0.1, -0.05) is 140 Å². The lowest BCUT2D eigenvalue weighted by Gasteiger charge is -2.57. The number of fused-ring (bicyclic) bond motifs is 2. The number of aromatic nitrogens is 3. The molecule has 0 amide bonds. The van der Waals surface area contributed by atoms with Gasteiger partial charge in [-0.3, -0.25) is 0 Å². The molecule has 0 unspecified atom stereocenters. The van der Waals surface area contributed by atoms with Gasteiger partial charge < -0.3 is 0 Å². The molecule has 8 aromatic rings. The average Bonchev–Trinajstić information content (AvgIpc) is 3.25. The SMILES string of the molecule is N#Cc1cccc(-c2nc(-c3ccccc3)nc(-c3ccc(-c4c5ccccc5c(-c5ccc(C67CC8CC(CC(C8)C6)C7)cc5)c5ccccc45)cc3)n2)c1. The van der Waals surface area contributed by atoms with Crippen molar-refractivity contribution in [3.05, 3.63) is 163 Å². The van der Waals surface area contributed by atoms with E-state index in [9.17, 15) is 5.26 Å². The molecule has 0 atom stereocenters. The van der Waals surface area contributed by atoms with Gasteiger partial charge >= 0.3 is 0 Å². The summed E-state index contributed by atoms with van der Waals surface area (Å²) >= 11 is 0. The van der Waals surface area contributed by atoms with E-state index in [-0.39, 0.29) is 0 Å². The topological polar surface area (TPSA) is 62.5 Å². The van der Waals surface area contributed by atoms with E-state index in [1.807, 2.05) is 48.5 Å². The maximum Gasteiger partial charge on any atom is 0.164 e. The highest BCUT2D eigenvalue weighted by Gasteiger charge is 2.51. The fourth-order valence-electron chi connectivity index (χ4n) is 11.1. The van der Waals surface area contributed by atoms with E-state index in [1.165, 1.54) is 76.8 Å². The van der Waals surface area contributed by atoms with Gasteiger partial charge in [0.2, 0.25) is 0 Å². The quantitative estimate of drug-likeness (QED) is 0.160. The summed E-state index contributed by atoms with van der Waals surface area (Å²) in [5.74, 6) is 4.52. The van der Waals surface area contributed by atoms with Crippen LogP contribution < -0.4 is 0 Å². The standard InChI is InChI=1S/C52H40N4/c53-32-33-9-8-12-41(28-33)51-55-49(39-10-2-1-3-11-39)54-50(56-51)40-19-17-37(18-20-40)47-43-13-4-6-15-45(43)48(46-16-7-5-14-44(46)47)38-21-23-42(24-22-38)52-29-34-25-35(30-52)27-36(26-34)31-52/h1-24,28,34-36H,25-27,29-31H2. The summed E-state index contributed by atoms with van der Waals surface area (Å²) in [5, 5.41) is 14.6. The Balaban J connectivity index is 1.00. The second-order valence-corrected chi connectivity index (χ2v) is 16.6. The lowest BCUT2D eigenvalue weighted by molar-refractivity contribution is -0.00518. The minimum absolute atomic E-state index is 0.391. The Labute approximate surface area is 327 Å². The van der Waals surface area contributed by atoms with Gasteiger partial charge in [-0.05, 0) is 123 Å². The molecule has 4 heteroatoms. The highest BCUT2D eigenvalue weighted by atomic mass is 15.0. The fourth-order valence-corrected chi connectivity index (χ4v) is 11.1. The van der Waals surface area contributed by atoms with Crippen molar-refractivity contribution in [3.8, 4) is 62.5 Å². The molecule has 56 heavy (non-hydrogen) atoms. The van der Waals surface area contributed by atoms with Crippen molar-refractivity contribution < 1.29 is 0 Å². The zero-order valence-electron chi connectivity index (χ0n) is 31.2. The molecule has 4 fully saturated rings. The average molecular weight is 721 g/mol. The third-order valence-corrected chi connectivity index (χ3v) is 13.1. The predicted octanol–water partition coefficient (Wildman–Crippen LogP) is 12.9. The second-order valence-electron chi connectivity index (χ2n) is 16.6. The minimum Gasteiger partial charge on any atom is -0.208 e. The van der Waals surface area contributed by atoms with E-state index in [1.54, 1.807) is 11.6 Å². The Morgan fingerprint density at radius 3 is 1.34 bits per heavy atom. The van der Waals surface area contributed by atoms with Gasteiger partial charge in [0, 0.05) is 16.7 Å². The molecule has 0 N–H and O–H groups in total. The van der Waals surface area contributed by atoms with Crippen LogP contribution in [0.1, 0.15) is 49.7 Å². The summed E-state index contributed by atoms with van der Waals surface area (Å²) in [7, 11) is 0. The van der Waals surface area contributed by atoms with E-state index in [2.05, 4.69) is 103 Å². The summed E-state index contributed by atoms with van der Waals surface area (Å²) < 4.78 is 0. The lowest BCUT2D eigenvalue weighted by atomic mass is 9.48. The summed E-state index contributed by atoms with van der Waals surface area (Å²) in [6, 6.07) is 55.9. The van der Waals surface area contributed by atoms with Crippen molar-refractivity contribution in [1.29, 1.82) is 5.26 Å². The van der Waals surface area contributed by atoms with Crippen molar-refractivity contribution in [2.45, 2.75) is 43.9 Å². The Morgan fingerprint density at radius 2 is 0.839 bits per heavy atom. The molecule has 12 rings (SSSR count). The number of rotatable bonds is 6. The maximum absolute atomic E-state index is 9.59. The second kappa shape index (κ2) is 13.1. The molecule has 0 spiro atoms. The zero-order valence-corrected chi connectivity index (χ0v) is 31.2. The van der Waals surface area contributed by atoms with Crippen LogP contribution in [0, 0.1) is 29.1 Å². The Kier molecular flexibility index (Phi) is 7.71. The molecule has 4 nitrogen and oxygen atoms in total. The highest BCUT2D eigenvalue weighted by Crippen LogP contribution is 2.61. The zero-order chi connectivity index (χ0) is 37.2. The van der Waals surface area contributed by atoms with E-state index >= 15 is 0 Å². The monoisotopic (exact) mass is 720 g/mol. The molecular weight excluding hydrogens is 681 g/mol. The first-order valence-corrected chi connectivity index (χ1v) is 20.1. The van der Waals surface area contributed by atoms with Crippen LogP contribution >= 0.6 is 0 Å².